The first kappa shape index (κ1) is 17.1. The molecule has 1 atom stereocenters. The molecular formula is C16H16Cl3N2O+. The highest BCUT2D eigenvalue weighted by atomic mass is 35.5. The highest BCUT2D eigenvalue weighted by Gasteiger charge is 2.13. The Morgan fingerprint density at radius 1 is 1.18 bits per heavy atom. The van der Waals surface area contributed by atoms with Crippen LogP contribution in [0.4, 0.5) is 5.69 Å². The van der Waals surface area contributed by atoms with Crippen molar-refractivity contribution in [2.75, 3.05) is 11.9 Å². The molecule has 0 radical (unpaired) electrons. The molecule has 0 fully saturated rings. The molecule has 2 aromatic rings. The normalized spacial score (nSPS) is 12.0. The number of nitrogens with two attached hydrogens (primary N) is 1. The van der Waals surface area contributed by atoms with Gasteiger partial charge in [0.25, 0.3) is 5.91 Å². The Morgan fingerprint density at radius 2 is 1.91 bits per heavy atom. The third kappa shape index (κ3) is 4.62. The summed E-state index contributed by atoms with van der Waals surface area (Å²) < 4.78 is 0. The minimum atomic E-state index is -0.141. The number of hydrogen-bond acceptors (Lipinski definition) is 1. The molecule has 22 heavy (non-hydrogen) atoms. The predicted octanol–water partition coefficient (Wildman–Crippen LogP) is 3.91. The zero-order valence-corrected chi connectivity index (χ0v) is 14.2. The van der Waals surface area contributed by atoms with Gasteiger partial charge in [-0.05, 0) is 31.2 Å². The molecule has 0 spiro atoms. The van der Waals surface area contributed by atoms with E-state index in [0.717, 1.165) is 5.56 Å². The quantitative estimate of drug-likeness (QED) is 0.836. The lowest BCUT2D eigenvalue weighted by Gasteiger charge is -2.12. The smallest absolute Gasteiger partial charge is 0.279 e. The highest BCUT2D eigenvalue weighted by molar-refractivity contribution is 6.44. The molecule has 116 valence electrons. The van der Waals surface area contributed by atoms with E-state index in [1.54, 1.807) is 18.2 Å². The van der Waals surface area contributed by atoms with Crippen LogP contribution in [0, 0.1) is 0 Å². The molecule has 0 aromatic heterocycles. The van der Waals surface area contributed by atoms with Crippen LogP contribution in [0.3, 0.4) is 0 Å². The molecule has 2 rings (SSSR count). The largest absolute Gasteiger partial charge is 0.333 e. The van der Waals surface area contributed by atoms with E-state index in [2.05, 4.69) is 5.32 Å². The third-order valence-electron chi connectivity index (χ3n) is 3.26. The molecule has 0 aliphatic heterocycles. The van der Waals surface area contributed by atoms with Crippen molar-refractivity contribution in [1.29, 1.82) is 0 Å². The second kappa shape index (κ2) is 7.84. The molecule has 0 aliphatic rings. The Morgan fingerprint density at radius 3 is 2.64 bits per heavy atom. The fraction of sp³-hybridized carbons (Fsp3) is 0.188. The van der Waals surface area contributed by atoms with Crippen molar-refractivity contribution in [3.8, 4) is 0 Å². The summed E-state index contributed by atoms with van der Waals surface area (Å²) in [7, 11) is 0. The molecule has 0 aliphatic carbocycles. The zero-order chi connectivity index (χ0) is 16.1. The molecule has 0 heterocycles. The van der Waals surface area contributed by atoms with Crippen LogP contribution in [0.1, 0.15) is 18.5 Å². The van der Waals surface area contributed by atoms with E-state index in [4.69, 9.17) is 34.8 Å². The first-order valence-corrected chi connectivity index (χ1v) is 7.93. The topological polar surface area (TPSA) is 45.7 Å². The number of quaternary nitrogens is 1. The Labute approximate surface area is 144 Å². The van der Waals surface area contributed by atoms with Gasteiger partial charge < -0.3 is 10.6 Å². The van der Waals surface area contributed by atoms with Crippen molar-refractivity contribution in [3.63, 3.8) is 0 Å². The number of hydrogen-bond donors (Lipinski definition) is 2. The van der Waals surface area contributed by atoms with Crippen molar-refractivity contribution in [3.05, 3.63) is 63.1 Å². The highest BCUT2D eigenvalue weighted by Crippen LogP contribution is 2.29. The van der Waals surface area contributed by atoms with E-state index in [1.165, 1.54) is 0 Å². The lowest BCUT2D eigenvalue weighted by Crippen LogP contribution is -2.86. The van der Waals surface area contributed by atoms with Gasteiger partial charge in [-0.25, -0.2) is 0 Å². The van der Waals surface area contributed by atoms with E-state index in [0.29, 0.717) is 20.8 Å². The lowest BCUT2D eigenvalue weighted by atomic mass is 10.1. The SMILES string of the molecule is C[C@H]([NH2+]CC(=O)Nc1cccc(Cl)c1Cl)c1cccc(Cl)c1. The van der Waals surface area contributed by atoms with E-state index in [-0.39, 0.29) is 18.5 Å². The van der Waals surface area contributed by atoms with Crippen molar-refractivity contribution in [1.82, 2.24) is 0 Å². The molecule has 0 bridgehead atoms. The fourth-order valence-electron chi connectivity index (χ4n) is 2.01. The summed E-state index contributed by atoms with van der Waals surface area (Å²) in [5.41, 5.74) is 1.59. The van der Waals surface area contributed by atoms with Gasteiger partial charge in [-0.2, -0.15) is 0 Å². The lowest BCUT2D eigenvalue weighted by molar-refractivity contribution is -0.682. The van der Waals surface area contributed by atoms with Crippen LogP contribution in [0.25, 0.3) is 0 Å². The zero-order valence-electron chi connectivity index (χ0n) is 11.9. The number of amides is 1. The number of rotatable bonds is 5. The molecule has 2 aromatic carbocycles. The molecule has 0 saturated carbocycles. The van der Waals surface area contributed by atoms with E-state index < -0.39 is 0 Å². The standard InChI is InChI=1S/C16H15Cl3N2O/c1-10(11-4-2-5-12(17)8-11)20-9-15(22)21-14-7-3-6-13(18)16(14)19/h2-8,10,20H,9H2,1H3,(H,21,22)/p+1/t10-/m0/s1. The van der Waals surface area contributed by atoms with Gasteiger partial charge in [0.15, 0.2) is 6.54 Å². The van der Waals surface area contributed by atoms with Crippen LogP contribution < -0.4 is 10.6 Å². The summed E-state index contributed by atoms with van der Waals surface area (Å²) in [5, 5.41) is 6.13. The van der Waals surface area contributed by atoms with Gasteiger partial charge in [-0.1, -0.05) is 53.0 Å². The first-order chi connectivity index (χ1) is 10.5. The summed E-state index contributed by atoms with van der Waals surface area (Å²) >= 11 is 17.9. The van der Waals surface area contributed by atoms with Crippen molar-refractivity contribution >= 4 is 46.4 Å². The molecule has 0 saturated heterocycles. The van der Waals surface area contributed by atoms with Crippen LogP contribution in [-0.4, -0.2) is 12.5 Å². The second-order valence-electron chi connectivity index (χ2n) is 4.93. The number of carbonyl (C=O) groups is 1. The Hall–Kier alpha value is -1.26. The van der Waals surface area contributed by atoms with Gasteiger partial charge in [-0.15, -0.1) is 0 Å². The number of nitrogens with one attached hydrogen (secondary N) is 1. The fourth-order valence-corrected chi connectivity index (χ4v) is 2.56. The van der Waals surface area contributed by atoms with Crippen LogP contribution >= 0.6 is 34.8 Å². The Kier molecular flexibility index (Phi) is 6.09. The summed E-state index contributed by atoms with van der Waals surface area (Å²) in [6, 6.07) is 12.9. The minimum absolute atomic E-state index is 0.124. The molecule has 1 amide bonds. The summed E-state index contributed by atoms with van der Waals surface area (Å²) in [6.45, 7) is 2.29. The first-order valence-electron chi connectivity index (χ1n) is 6.80. The van der Waals surface area contributed by atoms with E-state index in [9.17, 15) is 4.79 Å². The number of halogens is 3. The Balaban J connectivity index is 1.91. The van der Waals surface area contributed by atoms with Gasteiger partial charge in [-0.3, -0.25) is 4.79 Å². The number of carbonyl (C=O) groups excluding carboxylic acids is 1. The van der Waals surface area contributed by atoms with Gasteiger partial charge in [0, 0.05) is 10.6 Å². The molecule has 6 heteroatoms. The van der Waals surface area contributed by atoms with Gasteiger partial charge in [0.05, 0.1) is 15.7 Å². The van der Waals surface area contributed by atoms with Crippen molar-refractivity contribution < 1.29 is 10.1 Å². The van der Waals surface area contributed by atoms with E-state index >= 15 is 0 Å². The predicted molar refractivity (Wildman–Crippen MR) is 91.8 cm³/mol. The van der Waals surface area contributed by atoms with Gasteiger partial charge in [0.1, 0.15) is 6.04 Å². The summed E-state index contributed by atoms with van der Waals surface area (Å²) in [6.07, 6.45) is 0. The third-order valence-corrected chi connectivity index (χ3v) is 4.31. The minimum Gasteiger partial charge on any atom is -0.333 e. The second-order valence-corrected chi connectivity index (χ2v) is 6.15. The maximum Gasteiger partial charge on any atom is 0.279 e. The molecule has 3 N–H and O–H groups in total. The van der Waals surface area contributed by atoms with Gasteiger partial charge >= 0.3 is 0 Å². The Bertz CT molecular complexity index is 676. The maximum atomic E-state index is 12.0. The van der Waals surface area contributed by atoms with Crippen LogP contribution in [-0.2, 0) is 4.79 Å². The van der Waals surface area contributed by atoms with Crippen LogP contribution in [0.15, 0.2) is 42.5 Å². The summed E-state index contributed by atoms with van der Waals surface area (Å²) in [5.74, 6) is -0.141. The molecule has 3 nitrogen and oxygen atoms in total. The van der Waals surface area contributed by atoms with Crippen LogP contribution in [0.5, 0.6) is 0 Å². The van der Waals surface area contributed by atoms with Gasteiger partial charge in [0.2, 0.25) is 0 Å². The summed E-state index contributed by atoms with van der Waals surface area (Å²) in [4.78, 5) is 12.0. The number of anilines is 1. The van der Waals surface area contributed by atoms with Crippen molar-refractivity contribution in [2.24, 2.45) is 0 Å². The average Bonchev–Trinajstić information content (AvgIpc) is 2.49. The average molecular weight is 359 g/mol. The monoisotopic (exact) mass is 357 g/mol. The van der Waals surface area contributed by atoms with Crippen molar-refractivity contribution in [2.45, 2.75) is 13.0 Å². The maximum absolute atomic E-state index is 12.0. The molecular weight excluding hydrogens is 343 g/mol. The van der Waals surface area contributed by atoms with E-state index in [1.807, 2.05) is 36.5 Å². The molecule has 0 unspecified atom stereocenters. The number of benzene rings is 2. The van der Waals surface area contributed by atoms with Crippen LogP contribution in [0.2, 0.25) is 15.1 Å².